The van der Waals surface area contributed by atoms with Crippen molar-refractivity contribution in [2.24, 2.45) is 0 Å². The summed E-state index contributed by atoms with van der Waals surface area (Å²) in [6, 6.07) is 9.70. The summed E-state index contributed by atoms with van der Waals surface area (Å²) in [4.78, 5) is 38.4. The Hall–Kier alpha value is -3.19. The highest BCUT2D eigenvalue weighted by Gasteiger charge is 2.32. The first-order valence-corrected chi connectivity index (χ1v) is 14.1. The van der Waals surface area contributed by atoms with Crippen LogP contribution in [0, 0.1) is 10.1 Å². The van der Waals surface area contributed by atoms with Crippen LogP contribution in [0.15, 0.2) is 46.9 Å². The number of hydrogen-bond donors (Lipinski definition) is 1. The van der Waals surface area contributed by atoms with E-state index in [2.05, 4.69) is 21.2 Å². The maximum atomic E-state index is 13.6. The number of rotatable bonds is 13. The second-order valence-corrected chi connectivity index (χ2v) is 11.2. The van der Waals surface area contributed by atoms with E-state index in [0.717, 1.165) is 39.5 Å². The maximum absolute atomic E-state index is 13.6. The summed E-state index contributed by atoms with van der Waals surface area (Å²) in [5, 5.41) is 14.1. The molecule has 0 aromatic heterocycles. The van der Waals surface area contributed by atoms with Crippen molar-refractivity contribution in [3.63, 3.8) is 0 Å². The quantitative estimate of drug-likeness (QED) is 0.211. The van der Waals surface area contributed by atoms with Crippen LogP contribution in [0.1, 0.15) is 32.3 Å². The number of nitrogens with one attached hydrogen (secondary N) is 1. The molecule has 0 heterocycles. The van der Waals surface area contributed by atoms with Crippen molar-refractivity contribution in [1.82, 2.24) is 10.2 Å². The number of unbranched alkanes of at least 4 members (excludes halogenated alkanes) is 1. The molecule has 0 fully saturated rings. The van der Waals surface area contributed by atoms with E-state index in [9.17, 15) is 28.1 Å². The average Bonchev–Trinajstić information content (AvgIpc) is 2.85. The van der Waals surface area contributed by atoms with Crippen molar-refractivity contribution in [2.45, 2.75) is 39.3 Å². The number of nitro groups is 1. The first kappa shape index (κ1) is 30.0. The van der Waals surface area contributed by atoms with E-state index < -0.39 is 33.4 Å². The predicted molar refractivity (Wildman–Crippen MR) is 144 cm³/mol. The van der Waals surface area contributed by atoms with Gasteiger partial charge in [-0.15, -0.1) is 0 Å². The molecule has 0 aliphatic carbocycles. The molecule has 0 saturated heterocycles. The molecular formula is C24H31BrN4O7S. The second kappa shape index (κ2) is 13.4. The lowest BCUT2D eigenvalue weighted by Gasteiger charge is -2.31. The summed E-state index contributed by atoms with van der Waals surface area (Å²) in [6.45, 7) is 3.34. The summed E-state index contributed by atoms with van der Waals surface area (Å²) in [7, 11) is -2.80. The molecule has 1 N–H and O–H groups in total. The Morgan fingerprint density at radius 1 is 1.19 bits per heavy atom. The molecule has 0 unspecified atom stereocenters. The number of sulfonamides is 1. The second-order valence-electron chi connectivity index (χ2n) is 8.35. The van der Waals surface area contributed by atoms with Gasteiger partial charge in [0.1, 0.15) is 24.0 Å². The van der Waals surface area contributed by atoms with Gasteiger partial charge < -0.3 is 15.0 Å². The number of anilines is 1. The molecule has 37 heavy (non-hydrogen) atoms. The minimum atomic E-state index is -4.09. The molecule has 0 saturated carbocycles. The third-order valence-electron chi connectivity index (χ3n) is 5.58. The van der Waals surface area contributed by atoms with Crippen LogP contribution < -0.4 is 14.4 Å². The molecule has 202 valence electrons. The molecular weight excluding hydrogens is 568 g/mol. The highest BCUT2D eigenvalue weighted by molar-refractivity contribution is 9.10. The highest BCUT2D eigenvalue weighted by Crippen LogP contribution is 2.34. The Morgan fingerprint density at radius 3 is 2.38 bits per heavy atom. The standard InChI is InChI=1S/C24H31BrN4O7S/c1-5-6-13-26-24(31)17(2)27(15-18-7-9-19(25)10-8-18)23(30)16-28(37(4,34)35)21-14-20(29(32)33)11-12-22(21)36-3/h7-12,14,17H,5-6,13,15-16H2,1-4H3,(H,26,31)/t17-/m0/s1. The Balaban J connectivity index is 2.47. The van der Waals surface area contributed by atoms with Gasteiger partial charge in [-0.05, 0) is 37.1 Å². The first-order chi connectivity index (χ1) is 17.4. The Labute approximate surface area is 225 Å². The zero-order valence-corrected chi connectivity index (χ0v) is 23.5. The maximum Gasteiger partial charge on any atom is 0.271 e. The van der Waals surface area contributed by atoms with Gasteiger partial charge in [-0.3, -0.25) is 24.0 Å². The van der Waals surface area contributed by atoms with E-state index in [1.54, 1.807) is 31.2 Å². The zero-order chi connectivity index (χ0) is 27.8. The van der Waals surface area contributed by atoms with Gasteiger partial charge in [-0.1, -0.05) is 41.4 Å². The Kier molecular flexibility index (Phi) is 10.9. The van der Waals surface area contributed by atoms with Gasteiger partial charge in [0.25, 0.3) is 5.69 Å². The fourth-order valence-corrected chi connectivity index (χ4v) is 4.60. The van der Waals surface area contributed by atoms with Gasteiger partial charge in [0.2, 0.25) is 21.8 Å². The number of halogens is 1. The van der Waals surface area contributed by atoms with Gasteiger partial charge in [0, 0.05) is 29.7 Å². The van der Waals surface area contributed by atoms with Crippen molar-refractivity contribution in [3.05, 3.63) is 62.6 Å². The van der Waals surface area contributed by atoms with Gasteiger partial charge in [-0.2, -0.15) is 0 Å². The van der Waals surface area contributed by atoms with Crippen LogP contribution in [0.25, 0.3) is 0 Å². The van der Waals surface area contributed by atoms with Crippen LogP contribution in [0.3, 0.4) is 0 Å². The number of ether oxygens (including phenoxy) is 1. The van der Waals surface area contributed by atoms with Crippen LogP contribution >= 0.6 is 15.9 Å². The number of nitro benzene ring substituents is 1. The van der Waals surface area contributed by atoms with Crippen LogP contribution in [-0.2, 0) is 26.2 Å². The van der Waals surface area contributed by atoms with Gasteiger partial charge in [0.05, 0.1) is 18.3 Å². The third kappa shape index (κ3) is 8.42. The number of methoxy groups -OCH3 is 1. The molecule has 2 aromatic rings. The third-order valence-corrected chi connectivity index (χ3v) is 7.24. The lowest BCUT2D eigenvalue weighted by atomic mass is 10.1. The molecule has 0 bridgehead atoms. The molecule has 2 amide bonds. The average molecular weight is 600 g/mol. The lowest BCUT2D eigenvalue weighted by molar-refractivity contribution is -0.384. The molecule has 0 aliphatic heterocycles. The molecule has 2 rings (SSSR count). The van der Waals surface area contributed by atoms with Crippen LogP contribution in [0.5, 0.6) is 5.75 Å². The van der Waals surface area contributed by atoms with E-state index in [0.29, 0.717) is 6.54 Å². The van der Waals surface area contributed by atoms with E-state index in [1.807, 2.05) is 6.92 Å². The topological polar surface area (TPSA) is 139 Å². The molecule has 0 radical (unpaired) electrons. The molecule has 1 atom stereocenters. The number of nitrogens with zero attached hydrogens (tertiary/aromatic N) is 3. The van der Waals surface area contributed by atoms with Crippen molar-refractivity contribution in [1.29, 1.82) is 0 Å². The monoisotopic (exact) mass is 598 g/mol. The normalized spacial score (nSPS) is 11.9. The van der Waals surface area contributed by atoms with E-state index in [-0.39, 0.29) is 29.6 Å². The predicted octanol–water partition coefficient (Wildman–Crippen LogP) is 3.47. The zero-order valence-electron chi connectivity index (χ0n) is 21.1. The number of carbonyl (C=O) groups excluding carboxylic acids is 2. The molecule has 13 heteroatoms. The Bertz CT molecular complexity index is 1220. The summed E-state index contributed by atoms with van der Waals surface area (Å²) in [6.07, 6.45) is 2.54. The minimum absolute atomic E-state index is 0.0358. The summed E-state index contributed by atoms with van der Waals surface area (Å²) in [5.41, 5.74) is 0.201. The van der Waals surface area contributed by atoms with Crippen LogP contribution in [0.4, 0.5) is 11.4 Å². The van der Waals surface area contributed by atoms with E-state index in [4.69, 9.17) is 4.74 Å². The van der Waals surface area contributed by atoms with Crippen molar-refractivity contribution >= 4 is 49.1 Å². The van der Waals surface area contributed by atoms with Crippen molar-refractivity contribution in [2.75, 3.05) is 30.8 Å². The van der Waals surface area contributed by atoms with E-state index in [1.165, 1.54) is 24.1 Å². The molecule has 0 spiro atoms. The largest absolute Gasteiger partial charge is 0.495 e. The number of hydrogen-bond acceptors (Lipinski definition) is 7. The fourth-order valence-electron chi connectivity index (χ4n) is 3.49. The number of non-ortho nitro benzene ring substituents is 1. The SMILES string of the molecule is CCCCNC(=O)[C@H](C)N(Cc1ccc(Br)cc1)C(=O)CN(c1cc([N+](=O)[O-])ccc1OC)S(C)(=O)=O. The smallest absolute Gasteiger partial charge is 0.271 e. The van der Waals surface area contributed by atoms with Crippen molar-refractivity contribution < 1.29 is 27.7 Å². The minimum Gasteiger partial charge on any atom is -0.495 e. The Morgan fingerprint density at radius 2 is 1.84 bits per heavy atom. The van der Waals surface area contributed by atoms with Gasteiger partial charge in [0.15, 0.2) is 0 Å². The number of benzene rings is 2. The summed E-state index contributed by atoms with van der Waals surface area (Å²) < 4.78 is 32.3. The van der Waals surface area contributed by atoms with Crippen LogP contribution in [-0.4, -0.2) is 62.6 Å². The molecule has 2 aromatic carbocycles. The fraction of sp³-hybridized carbons (Fsp3) is 0.417. The first-order valence-electron chi connectivity index (χ1n) is 11.5. The van der Waals surface area contributed by atoms with Gasteiger partial charge >= 0.3 is 0 Å². The number of carbonyl (C=O) groups is 2. The molecule has 0 aliphatic rings. The number of amides is 2. The van der Waals surface area contributed by atoms with Crippen molar-refractivity contribution in [3.8, 4) is 5.75 Å². The summed E-state index contributed by atoms with van der Waals surface area (Å²) in [5.74, 6) is -1.01. The van der Waals surface area contributed by atoms with Gasteiger partial charge in [-0.25, -0.2) is 8.42 Å². The highest BCUT2D eigenvalue weighted by atomic mass is 79.9. The molecule has 11 nitrogen and oxygen atoms in total. The summed E-state index contributed by atoms with van der Waals surface area (Å²) >= 11 is 3.36. The lowest BCUT2D eigenvalue weighted by Crippen LogP contribution is -2.51. The van der Waals surface area contributed by atoms with Crippen LogP contribution in [0.2, 0.25) is 0 Å². The van der Waals surface area contributed by atoms with E-state index >= 15 is 0 Å².